The van der Waals surface area contributed by atoms with Crippen LogP contribution in [0.4, 0.5) is 0 Å². The van der Waals surface area contributed by atoms with Crippen LogP contribution in [0.2, 0.25) is 0 Å². The van der Waals surface area contributed by atoms with E-state index in [9.17, 15) is 0 Å². The molecule has 1 unspecified atom stereocenters. The SMILES string of the molecule is COc1cccc(-c2cn3c(n2)C(N)CCC3)c1. The lowest BCUT2D eigenvalue weighted by Crippen LogP contribution is -2.21. The molecular weight excluding hydrogens is 226 g/mol. The molecule has 94 valence electrons. The van der Waals surface area contributed by atoms with Gasteiger partial charge in [-0.2, -0.15) is 0 Å². The van der Waals surface area contributed by atoms with Crippen molar-refractivity contribution in [2.45, 2.75) is 25.4 Å². The summed E-state index contributed by atoms with van der Waals surface area (Å²) >= 11 is 0. The molecule has 0 saturated carbocycles. The van der Waals surface area contributed by atoms with Gasteiger partial charge >= 0.3 is 0 Å². The van der Waals surface area contributed by atoms with Crippen LogP contribution in [0.1, 0.15) is 24.7 Å². The third-order valence-corrected chi connectivity index (χ3v) is 3.42. The normalized spacial score (nSPS) is 18.4. The van der Waals surface area contributed by atoms with E-state index in [1.54, 1.807) is 7.11 Å². The van der Waals surface area contributed by atoms with Crippen molar-refractivity contribution in [3.63, 3.8) is 0 Å². The zero-order valence-electron chi connectivity index (χ0n) is 10.5. The lowest BCUT2D eigenvalue weighted by Gasteiger charge is -2.19. The van der Waals surface area contributed by atoms with Crippen LogP contribution < -0.4 is 10.5 Å². The molecule has 1 aliphatic rings. The van der Waals surface area contributed by atoms with Gasteiger partial charge in [-0.25, -0.2) is 4.98 Å². The number of aryl methyl sites for hydroxylation is 1. The topological polar surface area (TPSA) is 53.1 Å². The molecule has 0 saturated heterocycles. The largest absolute Gasteiger partial charge is 0.497 e. The molecule has 0 fully saturated rings. The van der Waals surface area contributed by atoms with Crippen LogP contribution in [0, 0.1) is 0 Å². The minimum absolute atomic E-state index is 0.0677. The lowest BCUT2D eigenvalue weighted by molar-refractivity contribution is 0.415. The Labute approximate surface area is 106 Å². The summed E-state index contributed by atoms with van der Waals surface area (Å²) in [7, 11) is 1.67. The predicted octanol–water partition coefficient (Wildman–Crippen LogP) is 2.35. The van der Waals surface area contributed by atoms with Gasteiger partial charge < -0.3 is 15.0 Å². The van der Waals surface area contributed by atoms with Gasteiger partial charge in [0.25, 0.3) is 0 Å². The summed E-state index contributed by atoms with van der Waals surface area (Å²) < 4.78 is 7.41. The van der Waals surface area contributed by atoms with Gasteiger partial charge in [-0.05, 0) is 25.0 Å². The molecule has 1 aliphatic heterocycles. The summed E-state index contributed by atoms with van der Waals surface area (Å²) in [5.74, 6) is 1.85. The van der Waals surface area contributed by atoms with Crippen LogP contribution in [0.25, 0.3) is 11.3 Å². The minimum Gasteiger partial charge on any atom is -0.497 e. The number of aromatic nitrogens is 2. The van der Waals surface area contributed by atoms with Gasteiger partial charge in [0.05, 0.1) is 18.8 Å². The van der Waals surface area contributed by atoms with Crippen molar-refractivity contribution in [1.82, 2.24) is 9.55 Å². The monoisotopic (exact) mass is 243 g/mol. The van der Waals surface area contributed by atoms with E-state index in [4.69, 9.17) is 10.5 Å². The van der Waals surface area contributed by atoms with E-state index >= 15 is 0 Å². The molecule has 1 aromatic carbocycles. The Hall–Kier alpha value is -1.81. The number of methoxy groups -OCH3 is 1. The number of rotatable bonds is 2. The summed E-state index contributed by atoms with van der Waals surface area (Å²) in [4.78, 5) is 4.66. The molecule has 1 aromatic heterocycles. The second-order valence-electron chi connectivity index (χ2n) is 4.66. The van der Waals surface area contributed by atoms with Crippen molar-refractivity contribution in [2.75, 3.05) is 7.11 Å². The predicted molar refractivity (Wildman–Crippen MR) is 70.4 cm³/mol. The zero-order valence-corrected chi connectivity index (χ0v) is 10.5. The number of ether oxygens (including phenoxy) is 1. The fourth-order valence-corrected chi connectivity index (χ4v) is 2.44. The second kappa shape index (κ2) is 4.46. The standard InChI is InChI=1S/C14H17N3O/c1-18-11-5-2-4-10(8-11)13-9-17-7-3-6-12(15)14(17)16-13/h2,4-5,8-9,12H,3,6-7,15H2,1H3. The molecule has 1 atom stereocenters. The van der Waals surface area contributed by atoms with Crippen molar-refractivity contribution >= 4 is 0 Å². The van der Waals surface area contributed by atoms with Crippen LogP contribution in [0.5, 0.6) is 5.75 Å². The first kappa shape index (κ1) is 11.3. The van der Waals surface area contributed by atoms with Crippen LogP contribution in [-0.4, -0.2) is 16.7 Å². The average Bonchev–Trinajstić information content (AvgIpc) is 2.84. The summed E-state index contributed by atoms with van der Waals surface area (Å²) in [5, 5.41) is 0. The number of imidazole rings is 1. The first-order valence-electron chi connectivity index (χ1n) is 6.25. The molecule has 0 aliphatic carbocycles. The van der Waals surface area contributed by atoms with Crippen LogP contribution in [-0.2, 0) is 6.54 Å². The molecule has 18 heavy (non-hydrogen) atoms. The molecule has 0 spiro atoms. The molecule has 2 N–H and O–H groups in total. The van der Waals surface area contributed by atoms with Crippen molar-refractivity contribution in [3.05, 3.63) is 36.3 Å². The number of benzene rings is 1. The number of hydrogen-bond donors (Lipinski definition) is 1. The van der Waals surface area contributed by atoms with Crippen LogP contribution in [0.15, 0.2) is 30.5 Å². The number of fused-ring (bicyclic) bond motifs is 1. The Kier molecular flexibility index (Phi) is 2.80. The molecular formula is C14H17N3O. The van der Waals surface area contributed by atoms with E-state index in [1.165, 1.54) is 0 Å². The first-order chi connectivity index (χ1) is 8.78. The Bertz CT molecular complexity index is 562. The third kappa shape index (κ3) is 1.88. The maximum atomic E-state index is 6.09. The molecule has 4 heteroatoms. The number of nitrogens with zero attached hydrogens (tertiary/aromatic N) is 2. The Balaban J connectivity index is 2.01. The lowest BCUT2D eigenvalue weighted by atomic mass is 10.1. The number of hydrogen-bond acceptors (Lipinski definition) is 3. The Morgan fingerprint density at radius 2 is 2.33 bits per heavy atom. The highest BCUT2D eigenvalue weighted by molar-refractivity contribution is 5.61. The number of nitrogens with two attached hydrogens (primary N) is 1. The van der Waals surface area contributed by atoms with Gasteiger partial charge in [0.1, 0.15) is 11.6 Å². The van der Waals surface area contributed by atoms with Gasteiger partial charge in [-0.15, -0.1) is 0 Å². The highest BCUT2D eigenvalue weighted by Gasteiger charge is 2.20. The molecule has 0 bridgehead atoms. The van der Waals surface area contributed by atoms with Crippen molar-refractivity contribution in [1.29, 1.82) is 0 Å². The molecule has 0 radical (unpaired) electrons. The molecule has 3 rings (SSSR count). The fraction of sp³-hybridized carbons (Fsp3) is 0.357. The molecule has 2 aromatic rings. The molecule has 4 nitrogen and oxygen atoms in total. The van der Waals surface area contributed by atoms with Crippen molar-refractivity contribution < 1.29 is 4.74 Å². The highest BCUT2D eigenvalue weighted by atomic mass is 16.5. The summed E-state index contributed by atoms with van der Waals surface area (Å²) in [6, 6.07) is 8.03. The average molecular weight is 243 g/mol. The summed E-state index contributed by atoms with van der Waals surface area (Å²) in [6.07, 6.45) is 4.24. The van der Waals surface area contributed by atoms with E-state index < -0.39 is 0 Å². The van der Waals surface area contributed by atoms with Crippen molar-refractivity contribution in [3.8, 4) is 17.0 Å². The van der Waals surface area contributed by atoms with Crippen LogP contribution >= 0.6 is 0 Å². The molecule has 0 amide bonds. The maximum absolute atomic E-state index is 6.09. The maximum Gasteiger partial charge on any atom is 0.126 e. The van der Waals surface area contributed by atoms with E-state index in [0.29, 0.717) is 0 Å². The minimum atomic E-state index is 0.0677. The summed E-state index contributed by atoms with van der Waals surface area (Å²) in [5.41, 5.74) is 8.13. The van der Waals surface area contributed by atoms with E-state index in [2.05, 4.69) is 15.7 Å². The van der Waals surface area contributed by atoms with E-state index in [-0.39, 0.29) is 6.04 Å². The Morgan fingerprint density at radius 1 is 1.44 bits per heavy atom. The fourth-order valence-electron chi connectivity index (χ4n) is 2.44. The van der Waals surface area contributed by atoms with E-state index in [1.807, 2.05) is 24.3 Å². The van der Waals surface area contributed by atoms with Crippen LogP contribution in [0.3, 0.4) is 0 Å². The molecule has 2 heterocycles. The smallest absolute Gasteiger partial charge is 0.126 e. The Morgan fingerprint density at radius 3 is 3.11 bits per heavy atom. The summed E-state index contributed by atoms with van der Waals surface area (Å²) in [6.45, 7) is 1.01. The van der Waals surface area contributed by atoms with Gasteiger partial charge in [0.2, 0.25) is 0 Å². The second-order valence-corrected chi connectivity index (χ2v) is 4.66. The first-order valence-corrected chi connectivity index (χ1v) is 6.25. The van der Waals surface area contributed by atoms with Crippen molar-refractivity contribution in [2.24, 2.45) is 5.73 Å². The third-order valence-electron chi connectivity index (χ3n) is 3.42. The van der Waals surface area contributed by atoms with Gasteiger partial charge in [0.15, 0.2) is 0 Å². The zero-order chi connectivity index (χ0) is 12.5. The van der Waals surface area contributed by atoms with Gasteiger partial charge in [0, 0.05) is 18.3 Å². The van der Waals surface area contributed by atoms with E-state index in [0.717, 1.165) is 42.2 Å². The van der Waals surface area contributed by atoms with Gasteiger partial charge in [-0.1, -0.05) is 12.1 Å². The van der Waals surface area contributed by atoms with Gasteiger partial charge in [-0.3, -0.25) is 0 Å². The highest BCUT2D eigenvalue weighted by Crippen LogP contribution is 2.28. The quantitative estimate of drug-likeness (QED) is 0.880.